The number of nitriles is 1. The van der Waals surface area contributed by atoms with Crippen molar-refractivity contribution in [2.75, 3.05) is 6.61 Å². The monoisotopic (exact) mass is 199 g/mol. The molecular weight excluding hydrogens is 186 g/mol. The summed E-state index contributed by atoms with van der Waals surface area (Å²) >= 11 is 0. The van der Waals surface area contributed by atoms with Crippen molar-refractivity contribution < 1.29 is 19.4 Å². The zero-order valence-corrected chi connectivity index (χ0v) is 8.24. The molecule has 14 heavy (non-hydrogen) atoms. The quantitative estimate of drug-likeness (QED) is 0.666. The van der Waals surface area contributed by atoms with Gasteiger partial charge in [-0.3, -0.25) is 9.59 Å². The second-order valence-electron chi connectivity index (χ2n) is 3.55. The van der Waals surface area contributed by atoms with Gasteiger partial charge in [0.15, 0.2) is 0 Å². The van der Waals surface area contributed by atoms with Crippen LogP contribution < -0.4 is 0 Å². The van der Waals surface area contributed by atoms with Gasteiger partial charge in [0.1, 0.15) is 6.61 Å². The highest BCUT2D eigenvalue weighted by atomic mass is 16.5. The Morgan fingerprint density at radius 1 is 1.43 bits per heavy atom. The van der Waals surface area contributed by atoms with Crippen LogP contribution in [0.3, 0.4) is 0 Å². The van der Waals surface area contributed by atoms with E-state index in [4.69, 9.17) is 15.1 Å². The molecule has 0 rings (SSSR count). The molecule has 0 amide bonds. The summed E-state index contributed by atoms with van der Waals surface area (Å²) in [6.07, 6.45) is -0.400. The minimum absolute atomic E-state index is 0.0120. The van der Waals surface area contributed by atoms with Crippen molar-refractivity contribution in [2.24, 2.45) is 5.41 Å². The number of esters is 1. The number of hydrogen-bond donors (Lipinski definition) is 1. The zero-order chi connectivity index (χ0) is 11.2. The van der Waals surface area contributed by atoms with E-state index in [1.165, 1.54) is 0 Å². The largest absolute Gasteiger partial charge is 0.481 e. The van der Waals surface area contributed by atoms with Gasteiger partial charge < -0.3 is 9.84 Å². The number of rotatable bonds is 5. The van der Waals surface area contributed by atoms with E-state index in [1.807, 2.05) is 6.07 Å². The molecule has 0 fully saturated rings. The summed E-state index contributed by atoms with van der Waals surface area (Å²) in [6, 6.07) is 1.97. The molecule has 0 radical (unpaired) electrons. The Labute approximate surface area is 82.3 Å². The van der Waals surface area contributed by atoms with Crippen LogP contribution in [0.15, 0.2) is 0 Å². The predicted molar refractivity (Wildman–Crippen MR) is 47.2 cm³/mol. The van der Waals surface area contributed by atoms with Crippen LogP contribution in [0.2, 0.25) is 0 Å². The number of carbonyl (C=O) groups excluding carboxylic acids is 1. The molecule has 0 aliphatic rings. The number of carbonyl (C=O) groups is 2. The second-order valence-corrected chi connectivity index (χ2v) is 3.55. The first-order chi connectivity index (χ1) is 6.37. The Morgan fingerprint density at radius 3 is 2.43 bits per heavy atom. The summed E-state index contributed by atoms with van der Waals surface area (Å²) in [7, 11) is 0. The van der Waals surface area contributed by atoms with Crippen LogP contribution in [0, 0.1) is 16.7 Å². The van der Waals surface area contributed by atoms with Crippen LogP contribution in [0.25, 0.3) is 0 Å². The molecule has 78 valence electrons. The van der Waals surface area contributed by atoms with Gasteiger partial charge in [0.05, 0.1) is 24.3 Å². The number of nitrogens with zero attached hydrogens (tertiary/aromatic N) is 1. The molecule has 0 saturated heterocycles. The minimum atomic E-state index is -1.04. The molecule has 5 heteroatoms. The van der Waals surface area contributed by atoms with Crippen LogP contribution in [0.4, 0.5) is 0 Å². The Morgan fingerprint density at radius 2 is 2.00 bits per heavy atom. The van der Waals surface area contributed by atoms with Crippen LogP contribution in [0.1, 0.15) is 26.7 Å². The van der Waals surface area contributed by atoms with E-state index >= 15 is 0 Å². The molecule has 0 unspecified atom stereocenters. The number of ether oxygens (including phenoxy) is 1. The van der Waals surface area contributed by atoms with E-state index in [0.717, 1.165) is 0 Å². The lowest BCUT2D eigenvalue weighted by atomic mass is 9.98. The van der Waals surface area contributed by atoms with Crippen LogP contribution in [0.5, 0.6) is 0 Å². The molecular formula is C9H13NO4. The first kappa shape index (κ1) is 12.4. The molecule has 0 aliphatic carbocycles. The summed E-state index contributed by atoms with van der Waals surface area (Å²) in [5.74, 6) is -1.63. The number of carboxylic acids is 1. The fraction of sp³-hybridized carbons (Fsp3) is 0.667. The smallest absolute Gasteiger partial charge is 0.306 e. The summed E-state index contributed by atoms with van der Waals surface area (Å²) in [5.41, 5.74) is -0.723. The fourth-order valence-corrected chi connectivity index (χ4v) is 0.574. The number of aliphatic carboxylic acids is 1. The maximum absolute atomic E-state index is 10.9. The highest BCUT2D eigenvalue weighted by Crippen LogP contribution is 2.13. The molecule has 0 aromatic rings. The summed E-state index contributed by atoms with van der Waals surface area (Å²) < 4.78 is 4.72. The van der Waals surface area contributed by atoms with Crippen molar-refractivity contribution in [3.63, 3.8) is 0 Å². The van der Waals surface area contributed by atoms with E-state index in [2.05, 4.69) is 0 Å². The highest BCUT2D eigenvalue weighted by molar-refractivity contribution is 5.76. The van der Waals surface area contributed by atoms with E-state index in [-0.39, 0.29) is 19.4 Å². The topological polar surface area (TPSA) is 87.4 Å². The van der Waals surface area contributed by atoms with Crippen molar-refractivity contribution in [3.05, 3.63) is 0 Å². The van der Waals surface area contributed by atoms with Crippen LogP contribution >= 0.6 is 0 Å². The molecule has 0 bridgehead atoms. The SMILES string of the molecule is CC(C)(C#N)COC(=O)CCC(=O)O. The highest BCUT2D eigenvalue weighted by Gasteiger charge is 2.19. The summed E-state index contributed by atoms with van der Waals surface area (Å²) in [6.45, 7) is 3.26. The Hall–Kier alpha value is -1.57. The maximum Gasteiger partial charge on any atom is 0.306 e. The van der Waals surface area contributed by atoms with Gasteiger partial charge in [-0.05, 0) is 13.8 Å². The lowest BCUT2D eigenvalue weighted by Gasteiger charge is -2.14. The number of carboxylic acid groups (broad SMARTS) is 1. The van der Waals surface area contributed by atoms with Gasteiger partial charge in [-0.15, -0.1) is 0 Å². The molecule has 0 aromatic heterocycles. The van der Waals surface area contributed by atoms with Gasteiger partial charge in [0.2, 0.25) is 0 Å². The molecule has 1 N–H and O–H groups in total. The van der Waals surface area contributed by atoms with Gasteiger partial charge in [-0.1, -0.05) is 0 Å². The lowest BCUT2D eigenvalue weighted by Crippen LogP contribution is -2.20. The van der Waals surface area contributed by atoms with Crippen molar-refractivity contribution in [3.8, 4) is 6.07 Å². The van der Waals surface area contributed by atoms with E-state index in [0.29, 0.717) is 0 Å². The van der Waals surface area contributed by atoms with Crippen molar-refractivity contribution >= 4 is 11.9 Å². The first-order valence-electron chi connectivity index (χ1n) is 4.16. The Bertz CT molecular complexity index is 264. The molecule has 0 heterocycles. The fourth-order valence-electron chi connectivity index (χ4n) is 0.574. The number of hydrogen-bond acceptors (Lipinski definition) is 4. The van der Waals surface area contributed by atoms with Gasteiger partial charge in [0.25, 0.3) is 0 Å². The molecule has 0 aromatic carbocycles. The van der Waals surface area contributed by atoms with Gasteiger partial charge >= 0.3 is 11.9 Å². The predicted octanol–water partition coefficient (Wildman–Crippen LogP) is 0.944. The average molecular weight is 199 g/mol. The van der Waals surface area contributed by atoms with Crippen LogP contribution in [-0.4, -0.2) is 23.7 Å². The van der Waals surface area contributed by atoms with Gasteiger partial charge in [-0.25, -0.2) is 0 Å². The van der Waals surface area contributed by atoms with Crippen molar-refractivity contribution in [2.45, 2.75) is 26.7 Å². The third-order valence-electron chi connectivity index (χ3n) is 1.44. The second kappa shape index (κ2) is 5.22. The van der Waals surface area contributed by atoms with E-state index in [9.17, 15) is 9.59 Å². The zero-order valence-electron chi connectivity index (χ0n) is 8.24. The van der Waals surface area contributed by atoms with Crippen LogP contribution in [-0.2, 0) is 14.3 Å². The lowest BCUT2D eigenvalue weighted by molar-refractivity contribution is -0.149. The third kappa shape index (κ3) is 6.00. The molecule has 0 aliphatic heterocycles. The molecule has 0 spiro atoms. The Kier molecular flexibility index (Phi) is 4.64. The first-order valence-corrected chi connectivity index (χ1v) is 4.16. The van der Waals surface area contributed by atoms with Gasteiger partial charge in [-0.2, -0.15) is 5.26 Å². The third-order valence-corrected chi connectivity index (χ3v) is 1.44. The average Bonchev–Trinajstić information content (AvgIpc) is 2.11. The summed E-state index contributed by atoms with van der Waals surface area (Å²) in [4.78, 5) is 21.0. The minimum Gasteiger partial charge on any atom is -0.481 e. The molecule has 0 saturated carbocycles. The molecule has 0 atom stereocenters. The van der Waals surface area contributed by atoms with Crippen molar-refractivity contribution in [1.82, 2.24) is 0 Å². The normalized spacial score (nSPS) is 10.4. The Balaban J connectivity index is 3.76. The molecule has 5 nitrogen and oxygen atoms in total. The standard InChI is InChI=1S/C9H13NO4/c1-9(2,5-10)6-14-8(13)4-3-7(11)12/h3-4,6H2,1-2H3,(H,11,12). The van der Waals surface area contributed by atoms with E-state index < -0.39 is 17.4 Å². The van der Waals surface area contributed by atoms with Gasteiger partial charge in [0, 0.05) is 0 Å². The van der Waals surface area contributed by atoms with E-state index in [1.54, 1.807) is 13.8 Å². The summed E-state index contributed by atoms with van der Waals surface area (Å²) in [5, 5.41) is 16.9. The van der Waals surface area contributed by atoms with Crippen molar-refractivity contribution in [1.29, 1.82) is 5.26 Å². The maximum atomic E-state index is 10.9.